The fraction of sp³-hybridized carbons (Fsp3) is 0.217. The maximum absolute atomic E-state index is 13.6. The van der Waals surface area contributed by atoms with E-state index in [-0.39, 0.29) is 5.91 Å². The average molecular weight is 391 g/mol. The molecule has 0 fully saturated rings. The highest BCUT2D eigenvalue weighted by Gasteiger charge is 2.23. The number of aryl methyl sites for hydroxylation is 1. The van der Waals surface area contributed by atoms with Gasteiger partial charge in [-0.05, 0) is 41.5 Å². The van der Waals surface area contributed by atoms with Crippen LogP contribution in [0.1, 0.15) is 15.9 Å². The van der Waals surface area contributed by atoms with Crippen LogP contribution in [0.15, 0.2) is 60.7 Å². The Hall–Kier alpha value is -2.76. The lowest BCUT2D eigenvalue weighted by molar-refractivity contribution is -0.856. The van der Waals surface area contributed by atoms with Gasteiger partial charge in [0, 0.05) is 5.56 Å². The van der Waals surface area contributed by atoms with Crippen molar-refractivity contribution in [1.29, 1.82) is 0 Å². The van der Waals surface area contributed by atoms with E-state index in [1.54, 1.807) is 11.3 Å². The minimum absolute atomic E-state index is 0.00817. The van der Waals surface area contributed by atoms with Gasteiger partial charge in [-0.15, -0.1) is 0 Å². The summed E-state index contributed by atoms with van der Waals surface area (Å²) < 4.78 is 1.11. The Bertz CT molecular complexity index is 1140. The number of hydrogen-bond donors (Lipinski definition) is 1. The summed E-state index contributed by atoms with van der Waals surface area (Å²) in [6, 6.07) is 20.2. The molecule has 1 heterocycles. The number of aromatic nitrogens is 1. The number of nitrogens with one attached hydrogen (secondary N) is 1. The van der Waals surface area contributed by atoms with E-state index in [0.717, 1.165) is 38.2 Å². The summed E-state index contributed by atoms with van der Waals surface area (Å²) in [7, 11) is 4.20. The van der Waals surface area contributed by atoms with Crippen LogP contribution in [0, 0.1) is 6.92 Å². The highest BCUT2D eigenvalue weighted by molar-refractivity contribution is 7.22. The molecular formula is C23H24N3OS+. The van der Waals surface area contributed by atoms with E-state index in [2.05, 4.69) is 33.2 Å². The third kappa shape index (κ3) is 3.63. The monoisotopic (exact) mass is 390 g/mol. The molecule has 1 N–H and O–H groups in total. The Kier molecular flexibility index (Phi) is 5.11. The zero-order valence-corrected chi connectivity index (χ0v) is 17.2. The van der Waals surface area contributed by atoms with Crippen molar-refractivity contribution in [3.05, 3.63) is 71.8 Å². The number of quaternary nitrogens is 1. The number of carbonyl (C=O) groups is 1. The predicted octanol–water partition coefficient (Wildman–Crippen LogP) is 3.55. The van der Waals surface area contributed by atoms with Crippen molar-refractivity contribution in [2.45, 2.75) is 6.92 Å². The number of fused-ring (bicyclic) bond motifs is 2. The summed E-state index contributed by atoms with van der Waals surface area (Å²) in [5.74, 6) is 0.00817. The lowest BCUT2D eigenvalue weighted by atomic mass is 10.0. The first-order valence-electron chi connectivity index (χ1n) is 9.49. The molecule has 4 nitrogen and oxygen atoms in total. The lowest BCUT2D eigenvalue weighted by Gasteiger charge is -2.21. The van der Waals surface area contributed by atoms with E-state index in [4.69, 9.17) is 4.98 Å². The van der Waals surface area contributed by atoms with Crippen molar-refractivity contribution in [2.24, 2.45) is 0 Å². The number of benzene rings is 3. The third-order valence-corrected chi connectivity index (χ3v) is 5.91. The normalized spacial score (nSPS) is 11.4. The SMILES string of the molecule is Cc1ccc2nc(N(CC[NH+](C)C)C(=O)c3cccc4ccccc34)sc2c1. The largest absolute Gasteiger partial charge is 0.338 e. The summed E-state index contributed by atoms with van der Waals surface area (Å²) in [6.45, 7) is 3.56. The van der Waals surface area contributed by atoms with Gasteiger partial charge in [-0.1, -0.05) is 53.8 Å². The molecule has 5 heteroatoms. The summed E-state index contributed by atoms with van der Waals surface area (Å²) >= 11 is 1.58. The van der Waals surface area contributed by atoms with Crippen LogP contribution in [-0.2, 0) is 0 Å². The van der Waals surface area contributed by atoms with Crippen LogP contribution >= 0.6 is 11.3 Å². The molecular weight excluding hydrogens is 366 g/mol. The molecule has 0 spiro atoms. The van der Waals surface area contributed by atoms with E-state index in [1.165, 1.54) is 10.5 Å². The van der Waals surface area contributed by atoms with Crippen molar-refractivity contribution >= 4 is 43.4 Å². The standard InChI is InChI=1S/C23H23N3OS/c1-16-11-12-20-21(15-16)28-23(24-20)26(14-13-25(2)3)22(27)19-10-6-8-17-7-4-5-9-18(17)19/h4-12,15H,13-14H2,1-3H3/p+1. The molecule has 0 saturated carbocycles. The average Bonchev–Trinajstić information content (AvgIpc) is 3.10. The molecule has 1 aromatic heterocycles. The Morgan fingerprint density at radius 3 is 2.68 bits per heavy atom. The molecule has 28 heavy (non-hydrogen) atoms. The van der Waals surface area contributed by atoms with Crippen LogP contribution < -0.4 is 9.80 Å². The van der Waals surface area contributed by atoms with Crippen molar-refractivity contribution < 1.29 is 9.69 Å². The van der Waals surface area contributed by atoms with Gasteiger partial charge in [0.15, 0.2) is 5.13 Å². The van der Waals surface area contributed by atoms with Gasteiger partial charge < -0.3 is 4.90 Å². The molecule has 4 aromatic rings. The minimum Gasteiger partial charge on any atom is -0.338 e. The van der Waals surface area contributed by atoms with Gasteiger partial charge >= 0.3 is 0 Å². The fourth-order valence-corrected chi connectivity index (χ4v) is 4.40. The quantitative estimate of drug-likeness (QED) is 0.566. The highest BCUT2D eigenvalue weighted by atomic mass is 32.1. The number of amides is 1. The van der Waals surface area contributed by atoms with Crippen molar-refractivity contribution in [1.82, 2.24) is 4.98 Å². The molecule has 0 unspecified atom stereocenters. The Balaban J connectivity index is 1.79. The van der Waals surface area contributed by atoms with Crippen LogP contribution in [0.25, 0.3) is 21.0 Å². The second kappa shape index (κ2) is 7.70. The minimum atomic E-state index is 0.00817. The smallest absolute Gasteiger partial charge is 0.260 e. The first-order valence-corrected chi connectivity index (χ1v) is 10.3. The molecule has 0 aliphatic carbocycles. The number of thiazole rings is 1. The molecule has 0 radical (unpaired) electrons. The van der Waals surface area contributed by atoms with Crippen LogP contribution in [0.2, 0.25) is 0 Å². The van der Waals surface area contributed by atoms with E-state index < -0.39 is 0 Å². The summed E-state index contributed by atoms with van der Waals surface area (Å²) in [5.41, 5.74) is 2.87. The van der Waals surface area contributed by atoms with E-state index in [1.807, 2.05) is 53.4 Å². The Morgan fingerprint density at radius 2 is 1.86 bits per heavy atom. The Labute approximate surface area is 169 Å². The van der Waals surface area contributed by atoms with Crippen LogP contribution in [-0.4, -0.2) is 38.1 Å². The number of nitrogens with zero attached hydrogens (tertiary/aromatic N) is 2. The van der Waals surface area contributed by atoms with Crippen molar-refractivity contribution in [2.75, 3.05) is 32.1 Å². The number of carbonyl (C=O) groups excluding carboxylic acids is 1. The molecule has 142 valence electrons. The molecule has 0 aliphatic heterocycles. The summed E-state index contributed by atoms with van der Waals surface area (Å²) in [4.78, 5) is 21.5. The van der Waals surface area contributed by atoms with Crippen LogP contribution in [0.3, 0.4) is 0 Å². The van der Waals surface area contributed by atoms with Gasteiger partial charge in [-0.3, -0.25) is 9.69 Å². The number of rotatable bonds is 5. The number of anilines is 1. The van der Waals surface area contributed by atoms with Gasteiger partial charge in [0.1, 0.15) is 0 Å². The van der Waals surface area contributed by atoms with Crippen LogP contribution in [0.4, 0.5) is 5.13 Å². The zero-order chi connectivity index (χ0) is 19.7. The predicted molar refractivity (Wildman–Crippen MR) is 118 cm³/mol. The molecule has 0 atom stereocenters. The maximum atomic E-state index is 13.6. The van der Waals surface area contributed by atoms with Gasteiger partial charge in [0.2, 0.25) is 0 Å². The van der Waals surface area contributed by atoms with Crippen LogP contribution in [0.5, 0.6) is 0 Å². The first-order chi connectivity index (χ1) is 13.5. The molecule has 3 aromatic carbocycles. The van der Waals surface area contributed by atoms with Crippen molar-refractivity contribution in [3.8, 4) is 0 Å². The van der Waals surface area contributed by atoms with Gasteiger partial charge in [-0.25, -0.2) is 4.98 Å². The Morgan fingerprint density at radius 1 is 1.07 bits per heavy atom. The number of likely N-dealkylation sites (N-methyl/N-ethyl adjacent to an activating group) is 1. The summed E-state index contributed by atoms with van der Waals surface area (Å²) in [5, 5.41) is 2.82. The van der Waals surface area contributed by atoms with E-state index >= 15 is 0 Å². The molecule has 0 aliphatic rings. The third-order valence-electron chi connectivity index (χ3n) is 4.86. The summed E-state index contributed by atoms with van der Waals surface area (Å²) in [6.07, 6.45) is 0. The zero-order valence-electron chi connectivity index (χ0n) is 16.4. The number of hydrogen-bond acceptors (Lipinski definition) is 3. The topological polar surface area (TPSA) is 37.6 Å². The fourth-order valence-electron chi connectivity index (χ4n) is 3.31. The van der Waals surface area contributed by atoms with E-state index in [0.29, 0.717) is 6.54 Å². The molecule has 0 saturated heterocycles. The van der Waals surface area contributed by atoms with E-state index in [9.17, 15) is 4.79 Å². The first kappa shape index (κ1) is 18.6. The highest BCUT2D eigenvalue weighted by Crippen LogP contribution is 2.31. The molecule has 0 bridgehead atoms. The second-order valence-electron chi connectivity index (χ2n) is 7.41. The van der Waals surface area contributed by atoms with Gasteiger partial charge in [0.05, 0.1) is 37.4 Å². The maximum Gasteiger partial charge on any atom is 0.260 e. The lowest BCUT2D eigenvalue weighted by Crippen LogP contribution is -3.06. The van der Waals surface area contributed by atoms with Crippen molar-refractivity contribution in [3.63, 3.8) is 0 Å². The van der Waals surface area contributed by atoms with Gasteiger partial charge in [0.25, 0.3) is 5.91 Å². The molecule has 4 rings (SSSR count). The second-order valence-corrected chi connectivity index (χ2v) is 8.42. The van der Waals surface area contributed by atoms with Gasteiger partial charge in [-0.2, -0.15) is 0 Å². The molecule has 1 amide bonds.